The fraction of sp³-hybridized carbons (Fsp3) is 0.938. The molecule has 2 atom stereocenters. The molecule has 1 N–H and O–H groups in total. The Morgan fingerprint density at radius 1 is 1.25 bits per heavy atom. The summed E-state index contributed by atoms with van der Waals surface area (Å²) in [5.74, 6) is 1.75. The van der Waals surface area contributed by atoms with E-state index in [4.69, 9.17) is 4.74 Å². The Bertz CT molecular complexity index is 337. The predicted octanol–water partition coefficient (Wildman–Crippen LogP) is 2.14. The molecule has 3 aliphatic rings. The number of amides is 1. The van der Waals surface area contributed by atoms with Crippen molar-refractivity contribution in [2.45, 2.75) is 64.1 Å². The summed E-state index contributed by atoms with van der Waals surface area (Å²) in [5.41, 5.74) is 0. The number of rotatable bonds is 7. The van der Waals surface area contributed by atoms with Crippen LogP contribution in [0.2, 0.25) is 0 Å². The lowest BCUT2D eigenvalue weighted by atomic mass is 10.0. The highest BCUT2D eigenvalue weighted by molar-refractivity contribution is 5.84. The van der Waals surface area contributed by atoms with Gasteiger partial charge in [0.1, 0.15) is 0 Å². The highest BCUT2D eigenvalue weighted by Crippen LogP contribution is 2.32. The average Bonchev–Trinajstić information content (AvgIpc) is 3.01. The zero-order valence-electron chi connectivity index (χ0n) is 12.6. The molecule has 0 bridgehead atoms. The predicted molar refractivity (Wildman–Crippen MR) is 78.2 cm³/mol. The van der Waals surface area contributed by atoms with Crippen LogP contribution in [0.1, 0.15) is 51.9 Å². The second kappa shape index (κ2) is 6.44. The van der Waals surface area contributed by atoms with Gasteiger partial charge in [0, 0.05) is 13.2 Å². The zero-order chi connectivity index (χ0) is 13.9. The van der Waals surface area contributed by atoms with Gasteiger partial charge in [0.05, 0.1) is 18.8 Å². The van der Waals surface area contributed by atoms with E-state index >= 15 is 0 Å². The molecule has 2 aliphatic carbocycles. The summed E-state index contributed by atoms with van der Waals surface area (Å²) in [6.45, 7) is 4.44. The maximum atomic E-state index is 12.5. The van der Waals surface area contributed by atoms with Gasteiger partial charge < -0.3 is 9.64 Å². The molecule has 0 aromatic heterocycles. The molecule has 3 rings (SSSR count). The fourth-order valence-corrected chi connectivity index (χ4v) is 3.61. The third kappa shape index (κ3) is 3.17. The van der Waals surface area contributed by atoms with Gasteiger partial charge in [-0.05, 0) is 43.9 Å². The van der Waals surface area contributed by atoms with Crippen LogP contribution in [-0.2, 0) is 9.53 Å². The summed E-state index contributed by atoms with van der Waals surface area (Å²) in [6.07, 6.45) is 8.97. The molecule has 1 aliphatic heterocycles. The minimum absolute atomic E-state index is 0.0315. The molecule has 0 aromatic rings. The van der Waals surface area contributed by atoms with Gasteiger partial charge in [0.25, 0.3) is 0 Å². The fourth-order valence-electron chi connectivity index (χ4n) is 3.61. The van der Waals surface area contributed by atoms with Gasteiger partial charge in [-0.3, -0.25) is 10.1 Å². The van der Waals surface area contributed by atoms with Gasteiger partial charge in [-0.1, -0.05) is 19.8 Å². The van der Waals surface area contributed by atoms with E-state index in [9.17, 15) is 4.79 Å². The first-order chi connectivity index (χ1) is 9.79. The molecule has 4 heteroatoms. The standard InChI is InChI=1S/C16H28N2O2/c1-2-14-16(19)18(9-10-20-11-12-7-8-12)15(17-14)13-5-3-4-6-13/h12-15,17H,2-11H2,1H3. The number of ether oxygens (including phenoxy) is 1. The molecule has 2 saturated carbocycles. The van der Waals surface area contributed by atoms with Crippen LogP contribution < -0.4 is 5.32 Å². The second-order valence-corrected chi connectivity index (χ2v) is 6.67. The summed E-state index contributed by atoms with van der Waals surface area (Å²) in [4.78, 5) is 14.5. The largest absolute Gasteiger partial charge is 0.379 e. The molecule has 1 heterocycles. The topological polar surface area (TPSA) is 41.6 Å². The Kier molecular flexibility index (Phi) is 4.61. The molecular weight excluding hydrogens is 252 g/mol. The van der Waals surface area contributed by atoms with E-state index in [0.29, 0.717) is 18.4 Å². The maximum Gasteiger partial charge on any atom is 0.241 e. The molecule has 2 unspecified atom stereocenters. The second-order valence-electron chi connectivity index (χ2n) is 6.67. The number of hydrogen-bond donors (Lipinski definition) is 1. The van der Waals surface area contributed by atoms with E-state index in [0.717, 1.165) is 25.5 Å². The molecule has 0 radical (unpaired) electrons. The Balaban J connectivity index is 1.53. The molecule has 20 heavy (non-hydrogen) atoms. The molecular formula is C16H28N2O2. The zero-order valence-corrected chi connectivity index (χ0v) is 12.6. The van der Waals surface area contributed by atoms with Crippen LogP contribution in [0.25, 0.3) is 0 Å². The third-order valence-corrected chi connectivity index (χ3v) is 5.07. The van der Waals surface area contributed by atoms with Gasteiger partial charge in [-0.15, -0.1) is 0 Å². The maximum absolute atomic E-state index is 12.5. The lowest BCUT2D eigenvalue weighted by molar-refractivity contribution is -0.131. The van der Waals surface area contributed by atoms with Crippen molar-refractivity contribution in [2.75, 3.05) is 19.8 Å². The van der Waals surface area contributed by atoms with Crippen molar-refractivity contribution in [1.82, 2.24) is 10.2 Å². The van der Waals surface area contributed by atoms with Gasteiger partial charge >= 0.3 is 0 Å². The normalized spacial score (nSPS) is 31.4. The highest BCUT2D eigenvalue weighted by Gasteiger charge is 2.42. The van der Waals surface area contributed by atoms with Crippen LogP contribution >= 0.6 is 0 Å². The van der Waals surface area contributed by atoms with Crippen molar-refractivity contribution in [1.29, 1.82) is 0 Å². The lowest BCUT2D eigenvalue weighted by Crippen LogP contribution is -2.44. The number of carbonyl (C=O) groups excluding carboxylic acids is 1. The van der Waals surface area contributed by atoms with Gasteiger partial charge in [0.15, 0.2) is 0 Å². The van der Waals surface area contributed by atoms with E-state index in [1.807, 2.05) is 0 Å². The van der Waals surface area contributed by atoms with Crippen molar-refractivity contribution in [2.24, 2.45) is 11.8 Å². The van der Waals surface area contributed by atoms with Crippen LogP contribution in [0.4, 0.5) is 0 Å². The SMILES string of the molecule is CCC1NC(C2CCCC2)N(CCOCC2CC2)C1=O. The number of nitrogens with one attached hydrogen (secondary N) is 1. The number of nitrogens with zero attached hydrogens (tertiary/aromatic N) is 1. The van der Waals surface area contributed by atoms with E-state index < -0.39 is 0 Å². The molecule has 1 saturated heterocycles. The smallest absolute Gasteiger partial charge is 0.241 e. The van der Waals surface area contributed by atoms with Gasteiger partial charge in [0.2, 0.25) is 5.91 Å². The van der Waals surface area contributed by atoms with E-state index in [1.54, 1.807) is 0 Å². The molecule has 1 amide bonds. The minimum atomic E-state index is 0.0315. The molecule has 3 fully saturated rings. The van der Waals surface area contributed by atoms with Gasteiger partial charge in [-0.25, -0.2) is 0 Å². The monoisotopic (exact) mass is 280 g/mol. The van der Waals surface area contributed by atoms with E-state index in [-0.39, 0.29) is 12.2 Å². The summed E-state index contributed by atoms with van der Waals surface area (Å²) in [7, 11) is 0. The molecule has 4 nitrogen and oxygen atoms in total. The first-order valence-electron chi connectivity index (χ1n) is 8.44. The third-order valence-electron chi connectivity index (χ3n) is 5.07. The minimum Gasteiger partial charge on any atom is -0.379 e. The Hall–Kier alpha value is -0.610. The summed E-state index contributed by atoms with van der Waals surface area (Å²) in [5, 5.41) is 3.57. The quantitative estimate of drug-likeness (QED) is 0.727. The Morgan fingerprint density at radius 2 is 2.00 bits per heavy atom. The number of hydrogen-bond acceptors (Lipinski definition) is 3. The van der Waals surface area contributed by atoms with Crippen LogP contribution in [0.3, 0.4) is 0 Å². The van der Waals surface area contributed by atoms with Crippen molar-refractivity contribution in [3.05, 3.63) is 0 Å². The molecule has 0 aromatic carbocycles. The summed E-state index contributed by atoms with van der Waals surface area (Å²) < 4.78 is 5.73. The molecule has 114 valence electrons. The number of carbonyl (C=O) groups is 1. The van der Waals surface area contributed by atoms with E-state index in [1.165, 1.54) is 38.5 Å². The average molecular weight is 280 g/mol. The highest BCUT2D eigenvalue weighted by atomic mass is 16.5. The molecule has 0 spiro atoms. The van der Waals surface area contributed by atoms with Crippen LogP contribution in [0.15, 0.2) is 0 Å². The van der Waals surface area contributed by atoms with Crippen molar-refractivity contribution in [3.63, 3.8) is 0 Å². The first-order valence-corrected chi connectivity index (χ1v) is 8.44. The van der Waals surface area contributed by atoms with Crippen molar-refractivity contribution < 1.29 is 9.53 Å². The summed E-state index contributed by atoms with van der Waals surface area (Å²) in [6, 6.07) is 0.0315. The van der Waals surface area contributed by atoms with Crippen LogP contribution in [0.5, 0.6) is 0 Å². The van der Waals surface area contributed by atoms with Crippen LogP contribution in [0, 0.1) is 11.8 Å². The summed E-state index contributed by atoms with van der Waals surface area (Å²) >= 11 is 0. The Morgan fingerprint density at radius 3 is 2.65 bits per heavy atom. The van der Waals surface area contributed by atoms with Gasteiger partial charge in [-0.2, -0.15) is 0 Å². The first kappa shape index (κ1) is 14.3. The van der Waals surface area contributed by atoms with Crippen molar-refractivity contribution in [3.8, 4) is 0 Å². The van der Waals surface area contributed by atoms with Crippen LogP contribution in [-0.4, -0.2) is 42.8 Å². The lowest BCUT2D eigenvalue weighted by Gasteiger charge is -2.29. The van der Waals surface area contributed by atoms with E-state index in [2.05, 4.69) is 17.1 Å². The van der Waals surface area contributed by atoms with Crippen molar-refractivity contribution >= 4 is 5.91 Å². The Labute approximate surface area is 122 Å².